The SMILES string of the molecule is COC1(C=O)C=C(Oc2ccc(CF)c(CF)c2CF)C=C(C#N)C1. The Morgan fingerprint density at radius 2 is 1.96 bits per heavy atom. The van der Waals surface area contributed by atoms with Crippen LogP contribution in [0.5, 0.6) is 5.75 Å². The molecular weight excluding hydrogens is 335 g/mol. The van der Waals surface area contributed by atoms with Crippen molar-refractivity contribution in [3.05, 3.63) is 52.3 Å². The highest BCUT2D eigenvalue weighted by molar-refractivity contribution is 5.69. The van der Waals surface area contributed by atoms with Gasteiger partial charge in [0.15, 0.2) is 6.29 Å². The number of nitriles is 1. The smallest absolute Gasteiger partial charge is 0.156 e. The summed E-state index contributed by atoms with van der Waals surface area (Å²) in [6, 6.07) is 4.57. The summed E-state index contributed by atoms with van der Waals surface area (Å²) in [5.41, 5.74) is -1.29. The van der Waals surface area contributed by atoms with Crippen LogP contribution in [-0.2, 0) is 29.6 Å². The van der Waals surface area contributed by atoms with Crippen LogP contribution in [0.2, 0.25) is 0 Å². The molecule has 1 aliphatic rings. The third kappa shape index (κ3) is 3.74. The van der Waals surface area contributed by atoms with E-state index in [1.165, 1.54) is 31.4 Å². The predicted octanol–water partition coefficient (Wildman–Crippen LogP) is 3.80. The maximum Gasteiger partial charge on any atom is 0.156 e. The van der Waals surface area contributed by atoms with Crippen LogP contribution in [-0.4, -0.2) is 19.0 Å². The molecule has 0 aromatic heterocycles. The zero-order valence-electron chi connectivity index (χ0n) is 13.5. The average molecular weight is 351 g/mol. The van der Waals surface area contributed by atoms with E-state index in [-0.39, 0.29) is 40.2 Å². The highest BCUT2D eigenvalue weighted by Crippen LogP contribution is 2.33. The first-order chi connectivity index (χ1) is 12.1. The molecule has 2 rings (SSSR count). The van der Waals surface area contributed by atoms with E-state index in [9.17, 15) is 18.0 Å². The van der Waals surface area contributed by atoms with Gasteiger partial charge in [-0.2, -0.15) is 5.26 Å². The van der Waals surface area contributed by atoms with Gasteiger partial charge < -0.3 is 9.47 Å². The van der Waals surface area contributed by atoms with Crippen molar-refractivity contribution < 1.29 is 27.4 Å². The van der Waals surface area contributed by atoms with E-state index in [0.717, 1.165) is 0 Å². The fourth-order valence-corrected chi connectivity index (χ4v) is 2.62. The summed E-state index contributed by atoms with van der Waals surface area (Å²) in [6.07, 6.45) is 3.33. The normalized spacial score (nSPS) is 19.6. The number of hydrogen-bond acceptors (Lipinski definition) is 4. The number of allylic oxidation sites excluding steroid dienone is 1. The lowest BCUT2D eigenvalue weighted by Gasteiger charge is -2.27. The first kappa shape index (κ1) is 18.7. The minimum absolute atomic E-state index is 0.00931. The van der Waals surface area contributed by atoms with E-state index in [1.54, 1.807) is 0 Å². The number of rotatable bonds is 7. The zero-order valence-corrected chi connectivity index (χ0v) is 13.5. The molecule has 1 unspecified atom stereocenters. The van der Waals surface area contributed by atoms with E-state index in [4.69, 9.17) is 14.7 Å². The second-order valence-corrected chi connectivity index (χ2v) is 5.46. The number of methoxy groups -OCH3 is 1. The Morgan fingerprint density at radius 1 is 1.24 bits per heavy atom. The predicted molar refractivity (Wildman–Crippen MR) is 83.7 cm³/mol. The van der Waals surface area contributed by atoms with Crippen LogP contribution in [0.15, 0.2) is 35.6 Å². The lowest BCUT2D eigenvalue weighted by atomic mass is 9.90. The number of alkyl halides is 3. The summed E-state index contributed by atoms with van der Waals surface area (Å²) in [6.45, 7) is -3.01. The number of aldehydes is 1. The number of nitrogens with zero attached hydrogens (tertiary/aromatic N) is 1. The molecule has 4 nitrogen and oxygen atoms in total. The van der Waals surface area contributed by atoms with Crippen LogP contribution >= 0.6 is 0 Å². The lowest BCUT2D eigenvalue weighted by molar-refractivity contribution is -0.122. The molecule has 1 aromatic carbocycles. The van der Waals surface area contributed by atoms with Crippen molar-refractivity contribution in [3.8, 4) is 11.8 Å². The molecule has 0 aliphatic heterocycles. The van der Waals surface area contributed by atoms with Crippen molar-refractivity contribution in [1.29, 1.82) is 5.26 Å². The van der Waals surface area contributed by atoms with Gasteiger partial charge in [0.1, 0.15) is 37.1 Å². The van der Waals surface area contributed by atoms with Gasteiger partial charge in [-0.25, -0.2) is 13.2 Å². The molecule has 0 N–H and O–H groups in total. The van der Waals surface area contributed by atoms with E-state index < -0.39 is 25.6 Å². The molecule has 1 atom stereocenters. The monoisotopic (exact) mass is 351 g/mol. The molecule has 7 heteroatoms. The fraction of sp³-hybridized carbons (Fsp3) is 0.333. The first-order valence-corrected chi connectivity index (χ1v) is 7.40. The van der Waals surface area contributed by atoms with E-state index in [0.29, 0.717) is 6.29 Å². The third-order valence-electron chi connectivity index (χ3n) is 4.02. The van der Waals surface area contributed by atoms with Crippen LogP contribution in [0.25, 0.3) is 0 Å². The second-order valence-electron chi connectivity index (χ2n) is 5.46. The van der Waals surface area contributed by atoms with E-state index >= 15 is 0 Å². The fourth-order valence-electron chi connectivity index (χ4n) is 2.62. The molecule has 0 spiro atoms. The first-order valence-electron chi connectivity index (χ1n) is 7.40. The zero-order chi connectivity index (χ0) is 18.4. The topological polar surface area (TPSA) is 59.3 Å². The summed E-state index contributed by atoms with van der Waals surface area (Å²) >= 11 is 0. The van der Waals surface area contributed by atoms with Crippen molar-refractivity contribution in [2.45, 2.75) is 32.0 Å². The van der Waals surface area contributed by atoms with Crippen molar-refractivity contribution in [2.75, 3.05) is 7.11 Å². The van der Waals surface area contributed by atoms with Gasteiger partial charge in [-0.15, -0.1) is 0 Å². The van der Waals surface area contributed by atoms with Gasteiger partial charge in [-0.3, -0.25) is 4.79 Å². The van der Waals surface area contributed by atoms with Gasteiger partial charge in [0.2, 0.25) is 0 Å². The minimum Gasteiger partial charge on any atom is -0.457 e. The van der Waals surface area contributed by atoms with Crippen molar-refractivity contribution in [2.24, 2.45) is 0 Å². The molecule has 0 heterocycles. The second kappa shape index (κ2) is 7.99. The van der Waals surface area contributed by atoms with Crippen LogP contribution in [0.4, 0.5) is 13.2 Å². The Morgan fingerprint density at radius 3 is 2.48 bits per heavy atom. The van der Waals surface area contributed by atoms with Gasteiger partial charge in [-0.05, 0) is 29.3 Å². The van der Waals surface area contributed by atoms with Gasteiger partial charge in [0.25, 0.3) is 0 Å². The molecule has 0 radical (unpaired) electrons. The number of benzene rings is 1. The highest BCUT2D eigenvalue weighted by Gasteiger charge is 2.33. The summed E-state index contributed by atoms with van der Waals surface area (Å²) in [4.78, 5) is 11.4. The number of ether oxygens (including phenoxy) is 2. The summed E-state index contributed by atoms with van der Waals surface area (Å²) in [5, 5.41) is 9.13. The van der Waals surface area contributed by atoms with Crippen LogP contribution in [0.1, 0.15) is 23.1 Å². The molecular formula is C18H16F3NO3. The average Bonchev–Trinajstić information content (AvgIpc) is 2.66. The molecule has 1 aromatic rings. The van der Waals surface area contributed by atoms with Crippen LogP contribution in [0.3, 0.4) is 0 Å². The van der Waals surface area contributed by atoms with Crippen LogP contribution < -0.4 is 4.74 Å². The lowest BCUT2D eigenvalue weighted by Crippen LogP contribution is -2.34. The van der Waals surface area contributed by atoms with Gasteiger partial charge in [-0.1, -0.05) is 6.07 Å². The quantitative estimate of drug-likeness (QED) is 0.701. The summed E-state index contributed by atoms with van der Waals surface area (Å²) in [5.74, 6) is 0.0780. The standard InChI is InChI=1S/C18H16F3NO3/c1-24-18(11-23)5-12(10-22)4-14(6-18)25-17-3-2-13(7-19)15(8-20)16(17)9-21/h2-4,6,11H,5,7-9H2,1H3. The molecule has 0 saturated carbocycles. The molecule has 25 heavy (non-hydrogen) atoms. The maximum atomic E-state index is 13.4. The Balaban J connectivity index is 2.47. The largest absolute Gasteiger partial charge is 0.457 e. The molecule has 0 bridgehead atoms. The Kier molecular flexibility index (Phi) is 5.99. The van der Waals surface area contributed by atoms with Crippen molar-refractivity contribution in [3.63, 3.8) is 0 Å². The molecule has 0 amide bonds. The van der Waals surface area contributed by atoms with E-state index in [1.807, 2.05) is 6.07 Å². The van der Waals surface area contributed by atoms with Gasteiger partial charge in [0.05, 0.1) is 6.07 Å². The number of carbonyl (C=O) groups excluding carboxylic acids is 1. The highest BCUT2D eigenvalue weighted by atomic mass is 19.1. The minimum atomic E-state index is -1.37. The molecule has 0 saturated heterocycles. The van der Waals surface area contributed by atoms with Crippen molar-refractivity contribution >= 4 is 6.29 Å². The Labute approximate surface area is 143 Å². The molecule has 0 fully saturated rings. The Hall–Kier alpha value is -2.59. The maximum absolute atomic E-state index is 13.4. The number of halogens is 3. The third-order valence-corrected chi connectivity index (χ3v) is 4.02. The van der Waals surface area contributed by atoms with Gasteiger partial charge in [0, 0.05) is 24.7 Å². The number of hydrogen-bond donors (Lipinski definition) is 0. The molecule has 132 valence electrons. The van der Waals surface area contributed by atoms with Crippen LogP contribution in [0, 0.1) is 11.3 Å². The summed E-state index contributed by atoms with van der Waals surface area (Å²) in [7, 11) is 1.31. The summed E-state index contributed by atoms with van der Waals surface area (Å²) < 4.78 is 50.3. The molecule has 1 aliphatic carbocycles. The number of carbonyl (C=O) groups is 1. The van der Waals surface area contributed by atoms with Gasteiger partial charge >= 0.3 is 0 Å². The Bertz CT molecular complexity index is 768. The van der Waals surface area contributed by atoms with E-state index in [2.05, 4.69) is 0 Å². The van der Waals surface area contributed by atoms with Crippen molar-refractivity contribution in [1.82, 2.24) is 0 Å².